The number of aromatic hydroxyl groups is 1. The standard InChI is InChI=1S/C10H14N2O2/c1-12-9(10(11)14)6-7-2-4-8(13)5-3-7/h2-5,9,12-13H,6H2,1H3,(H2,11,14)/t9-/m0/s1. The predicted molar refractivity (Wildman–Crippen MR) is 53.9 cm³/mol. The van der Waals surface area contributed by atoms with Gasteiger partial charge in [-0.05, 0) is 31.2 Å². The van der Waals surface area contributed by atoms with E-state index in [2.05, 4.69) is 5.32 Å². The third kappa shape index (κ3) is 2.74. The quantitative estimate of drug-likeness (QED) is 0.632. The molecule has 0 aliphatic heterocycles. The van der Waals surface area contributed by atoms with E-state index in [1.165, 1.54) is 0 Å². The SMILES string of the molecule is CN[C@@H](Cc1ccc(O)cc1)C(N)=O. The summed E-state index contributed by atoms with van der Waals surface area (Å²) in [5.74, 6) is -0.158. The number of carbonyl (C=O) groups is 1. The zero-order chi connectivity index (χ0) is 10.6. The number of primary amides is 1. The monoisotopic (exact) mass is 194 g/mol. The van der Waals surface area contributed by atoms with Crippen LogP contribution in [0.1, 0.15) is 5.56 Å². The maximum atomic E-state index is 10.9. The first kappa shape index (κ1) is 10.5. The highest BCUT2D eigenvalue weighted by molar-refractivity contribution is 5.80. The second-order valence-electron chi connectivity index (χ2n) is 3.11. The zero-order valence-electron chi connectivity index (χ0n) is 8.03. The molecule has 1 rings (SSSR count). The molecule has 0 aliphatic carbocycles. The van der Waals surface area contributed by atoms with E-state index < -0.39 is 0 Å². The summed E-state index contributed by atoms with van der Waals surface area (Å²) in [5.41, 5.74) is 6.13. The molecule has 0 aromatic heterocycles. The molecule has 0 heterocycles. The molecular weight excluding hydrogens is 180 g/mol. The average Bonchev–Trinajstić information content (AvgIpc) is 2.16. The highest BCUT2D eigenvalue weighted by Gasteiger charge is 2.12. The van der Waals surface area contributed by atoms with Gasteiger partial charge in [-0.15, -0.1) is 0 Å². The van der Waals surface area contributed by atoms with Crippen LogP contribution >= 0.6 is 0 Å². The van der Waals surface area contributed by atoms with Crippen molar-refractivity contribution >= 4 is 5.91 Å². The summed E-state index contributed by atoms with van der Waals surface area (Å²) in [6.07, 6.45) is 0.534. The minimum absolute atomic E-state index is 0.217. The van der Waals surface area contributed by atoms with Crippen LogP contribution in [-0.2, 0) is 11.2 Å². The van der Waals surface area contributed by atoms with E-state index in [-0.39, 0.29) is 17.7 Å². The summed E-state index contributed by atoms with van der Waals surface area (Å²) in [5, 5.41) is 11.9. The minimum Gasteiger partial charge on any atom is -0.508 e. The highest BCUT2D eigenvalue weighted by atomic mass is 16.3. The molecule has 4 heteroatoms. The number of hydrogen-bond acceptors (Lipinski definition) is 3. The molecule has 0 fully saturated rings. The summed E-state index contributed by atoms with van der Waals surface area (Å²) in [6.45, 7) is 0. The Morgan fingerprint density at radius 3 is 2.50 bits per heavy atom. The Labute approximate surface area is 82.7 Å². The van der Waals surface area contributed by atoms with E-state index in [1.807, 2.05) is 0 Å². The fourth-order valence-corrected chi connectivity index (χ4v) is 1.21. The third-order valence-corrected chi connectivity index (χ3v) is 2.07. The number of likely N-dealkylation sites (N-methyl/N-ethyl adjacent to an activating group) is 1. The number of nitrogens with two attached hydrogens (primary N) is 1. The third-order valence-electron chi connectivity index (χ3n) is 2.07. The van der Waals surface area contributed by atoms with E-state index in [4.69, 9.17) is 10.8 Å². The van der Waals surface area contributed by atoms with Crippen LogP contribution in [0.15, 0.2) is 24.3 Å². The van der Waals surface area contributed by atoms with Crippen molar-refractivity contribution in [2.75, 3.05) is 7.05 Å². The Hall–Kier alpha value is -1.55. The molecular formula is C10H14N2O2. The van der Waals surface area contributed by atoms with Crippen molar-refractivity contribution in [3.8, 4) is 5.75 Å². The van der Waals surface area contributed by atoms with Crippen LogP contribution in [0, 0.1) is 0 Å². The van der Waals surface area contributed by atoms with Crippen LogP contribution in [-0.4, -0.2) is 24.1 Å². The van der Waals surface area contributed by atoms with Crippen LogP contribution < -0.4 is 11.1 Å². The molecule has 4 nitrogen and oxygen atoms in total. The van der Waals surface area contributed by atoms with Gasteiger partial charge in [0.1, 0.15) is 5.75 Å². The Morgan fingerprint density at radius 2 is 2.07 bits per heavy atom. The number of rotatable bonds is 4. The van der Waals surface area contributed by atoms with E-state index in [0.29, 0.717) is 6.42 Å². The van der Waals surface area contributed by atoms with E-state index >= 15 is 0 Å². The molecule has 0 unspecified atom stereocenters. The first-order valence-corrected chi connectivity index (χ1v) is 4.38. The molecule has 1 aromatic rings. The number of hydrogen-bond donors (Lipinski definition) is 3. The smallest absolute Gasteiger partial charge is 0.234 e. The number of phenols is 1. The van der Waals surface area contributed by atoms with Gasteiger partial charge in [-0.25, -0.2) is 0 Å². The van der Waals surface area contributed by atoms with Crippen molar-refractivity contribution < 1.29 is 9.90 Å². The van der Waals surface area contributed by atoms with Gasteiger partial charge in [-0.1, -0.05) is 12.1 Å². The molecule has 1 amide bonds. The number of amides is 1. The van der Waals surface area contributed by atoms with Crippen LogP contribution in [0.3, 0.4) is 0 Å². The van der Waals surface area contributed by atoms with Crippen molar-refractivity contribution in [3.05, 3.63) is 29.8 Å². The molecule has 0 spiro atoms. The van der Waals surface area contributed by atoms with Gasteiger partial charge in [0.15, 0.2) is 0 Å². The lowest BCUT2D eigenvalue weighted by Gasteiger charge is -2.11. The van der Waals surface area contributed by atoms with Gasteiger partial charge in [-0.3, -0.25) is 4.79 Å². The number of nitrogens with one attached hydrogen (secondary N) is 1. The zero-order valence-corrected chi connectivity index (χ0v) is 8.03. The molecule has 4 N–H and O–H groups in total. The first-order valence-electron chi connectivity index (χ1n) is 4.38. The summed E-state index contributed by atoms with van der Waals surface area (Å²) in [7, 11) is 1.69. The Morgan fingerprint density at radius 1 is 1.50 bits per heavy atom. The molecule has 0 saturated carbocycles. The normalized spacial score (nSPS) is 12.4. The largest absolute Gasteiger partial charge is 0.508 e. The second kappa shape index (κ2) is 4.62. The molecule has 1 atom stereocenters. The van der Waals surface area contributed by atoms with Gasteiger partial charge in [0.05, 0.1) is 6.04 Å². The molecule has 0 aliphatic rings. The highest BCUT2D eigenvalue weighted by Crippen LogP contribution is 2.10. The van der Waals surface area contributed by atoms with Crippen LogP contribution in [0.25, 0.3) is 0 Å². The molecule has 1 aromatic carbocycles. The van der Waals surface area contributed by atoms with Crippen molar-refractivity contribution in [2.24, 2.45) is 5.73 Å². The van der Waals surface area contributed by atoms with Gasteiger partial charge < -0.3 is 16.2 Å². The maximum absolute atomic E-state index is 10.9. The summed E-state index contributed by atoms with van der Waals surface area (Å²) in [4.78, 5) is 10.9. The summed E-state index contributed by atoms with van der Waals surface area (Å²) >= 11 is 0. The van der Waals surface area contributed by atoms with Crippen molar-refractivity contribution in [3.63, 3.8) is 0 Å². The van der Waals surface area contributed by atoms with E-state index in [0.717, 1.165) is 5.56 Å². The van der Waals surface area contributed by atoms with Crippen LogP contribution in [0.2, 0.25) is 0 Å². The lowest BCUT2D eigenvalue weighted by molar-refractivity contribution is -0.119. The van der Waals surface area contributed by atoms with Crippen molar-refractivity contribution in [2.45, 2.75) is 12.5 Å². The fourth-order valence-electron chi connectivity index (χ4n) is 1.21. The first-order chi connectivity index (χ1) is 6.63. The van der Waals surface area contributed by atoms with Crippen LogP contribution in [0.5, 0.6) is 5.75 Å². The fraction of sp³-hybridized carbons (Fsp3) is 0.300. The van der Waals surface area contributed by atoms with Gasteiger partial charge in [0.2, 0.25) is 5.91 Å². The summed E-state index contributed by atoms with van der Waals surface area (Å²) < 4.78 is 0. The molecule has 0 radical (unpaired) electrons. The number of benzene rings is 1. The van der Waals surface area contributed by atoms with Gasteiger partial charge in [0.25, 0.3) is 0 Å². The minimum atomic E-state index is -0.374. The van der Waals surface area contributed by atoms with E-state index in [9.17, 15) is 4.79 Å². The maximum Gasteiger partial charge on any atom is 0.234 e. The van der Waals surface area contributed by atoms with Crippen molar-refractivity contribution in [1.82, 2.24) is 5.32 Å². The predicted octanol–water partition coefficient (Wildman–Crippen LogP) is 0.00800. The lowest BCUT2D eigenvalue weighted by atomic mass is 10.1. The molecule has 14 heavy (non-hydrogen) atoms. The number of phenolic OH excluding ortho intramolecular Hbond substituents is 1. The summed E-state index contributed by atoms with van der Waals surface area (Å²) in [6, 6.07) is 6.34. The van der Waals surface area contributed by atoms with Crippen molar-refractivity contribution in [1.29, 1.82) is 0 Å². The van der Waals surface area contributed by atoms with Crippen LogP contribution in [0.4, 0.5) is 0 Å². The molecule has 0 bridgehead atoms. The Kier molecular flexibility index (Phi) is 3.48. The second-order valence-corrected chi connectivity index (χ2v) is 3.11. The van der Waals surface area contributed by atoms with Gasteiger partial charge in [-0.2, -0.15) is 0 Å². The molecule has 76 valence electrons. The Balaban J connectivity index is 2.67. The molecule has 0 saturated heterocycles. The average molecular weight is 194 g/mol. The Bertz CT molecular complexity index is 308. The van der Waals surface area contributed by atoms with E-state index in [1.54, 1.807) is 31.3 Å². The van der Waals surface area contributed by atoms with Gasteiger partial charge in [0, 0.05) is 0 Å². The van der Waals surface area contributed by atoms with Gasteiger partial charge >= 0.3 is 0 Å². The number of carbonyl (C=O) groups excluding carboxylic acids is 1. The topological polar surface area (TPSA) is 75.3 Å². The lowest BCUT2D eigenvalue weighted by Crippen LogP contribution is -2.40.